The maximum atomic E-state index is 13.0. The molecule has 3 nitrogen and oxygen atoms in total. The third-order valence-corrected chi connectivity index (χ3v) is 5.78. The van der Waals surface area contributed by atoms with Crippen LogP contribution < -0.4 is 0 Å². The Morgan fingerprint density at radius 3 is 2.17 bits per heavy atom. The zero-order valence-corrected chi connectivity index (χ0v) is 15.5. The normalized spacial score (nSPS) is 38.1. The Bertz CT molecular complexity index is 610. The molecule has 0 aliphatic heterocycles. The molecule has 0 radical (unpaired) electrons. The standard InChI is InChI=1S/C20H30O3/c1-13(21)23-20-11-18(4,5)10-19(6,12-20)8-14-7-17(2,3)9-15(22)16(14)20/h7-12H2,1-6H3/t19-,20+/m1/s1. The summed E-state index contributed by atoms with van der Waals surface area (Å²) in [5.74, 6) is -0.0614. The summed E-state index contributed by atoms with van der Waals surface area (Å²) in [4.78, 5) is 24.9. The largest absolute Gasteiger partial charge is 0.454 e. The highest BCUT2D eigenvalue weighted by Gasteiger charge is 2.59. The number of hydrogen-bond acceptors (Lipinski definition) is 3. The fourth-order valence-corrected chi connectivity index (χ4v) is 6.20. The second-order valence-electron chi connectivity index (χ2n) is 10.2. The molecule has 0 saturated heterocycles. The highest BCUT2D eigenvalue weighted by Crippen LogP contribution is 2.62. The molecule has 0 aromatic rings. The van der Waals surface area contributed by atoms with E-state index in [4.69, 9.17) is 4.74 Å². The van der Waals surface area contributed by atoms with Crippen LogP contribution >= 0.6 is 0 Å². The van der Waals surface area contributed by atoms with Gasteiger partial charge in [-0.15, -0.1) is 0 Å². The molecule has 0 amide bonds. The molecule has 128 valence electrons. The zero-order valence-electron chi connectivity index (χ0n) is 15.5. The number of ether oxygens (including phenoxy) is 1. The van der Waals surface area contributed by atoms with Crippen molar-refractivity contribution in [2.24, 2.45) is 16.2 Å². The van der Waals surface area contributed by atoms with E-state index in [1.54, 1.807) is 0 Å². The van der Waals surface area contributed by atoms with Gasteiger partial charge in [0.2, 0.25) is 0 Å². The molecule has 2 atom stereocenters. The van der Waals surface area contributed by atoms with Gasteiger partial charge in [0.05, 0.1) is 0 Å². The van der Waals surface area contributed by atoms with Gasteiger partial charge in [-0.2, -0.15) is 0 Å². The van der Waals surface area contributed by atoms with Crippen molar-refractivity contribution >= 4 is 11.8 Å². The minimum absolute atomic E-state index is 0.0187. The third-order valence-electron chi connectivity index (χ3n) is 5.78. The van der Waals surface area contributed by atoms with E-state index in [1.807, 2.05) is 0 Å². The van der Waals surface area contributed by atoms with Crippen LogP contribution in [0.25, 0.3) is 0 Å². The van der Waals surface area contributed by atoms with Crippen molar-refractivity contribution in [1.29, 1.82) is 0 Å². The Morgan fingerprint density at radius 2 is 1.57 bits per heavy atom. The zero-order chi connectivity index (χ0) is 17.3. The van der Waals surface area contributed by atoms with Crippen molar-refractivity contribution in [3.05, 3.63) is 11.1 Å². The number of carbonyl (C=O) groups excluding carboxylic acids is 2. The lowest BCUT2D eigenvalue weighted by atomic mass is 9.49. The fourth-order valence-electron chi connectivity index (χ4n) is 6.20. The van der Waals surface area contributed by atoms with E-state index < -0.39 is 5.60 Å². The van der Waals surface area contributed by atoms with Gasteiger partial charge in [-0.3, -0.25) is 9.59 Å². The highest BCUT2D eigenvalue weighted by molar-refractivity contribution is 6.00. The van der Waals surface area contributed by atoms with Crippen molar-refractivity contribution in [3.63, 3.8) is 0 Å². The van der Waals surface area contributed by atoms with Crippen LogP contribution in [0.3, 0.4) is 0 Å². The predicted molar refractivity (Wildman–Crippen MR) is 89.9 cm³/mol. The molecule has 1 saturated carbocycles. The van der Waals surface area contributed by atoms with Crippen LogP contribution in [0.4, 0.5) is 0 Å². The summed E-state index contributed by atoms with van der Waals surface area (Å²) < 4.78 is 5.94. The first-order chi connectivity index (χ1) is 10.4. The molecule has 3 aliphatic carbocycles. The number of ketones is 1. The molecule has 0 N–H and O–H groups in total. The first-order valence-corrected chi connectivity index (χ1v) is 8.81. The number of esters is 1. The minimum atomic E-state index is -0.691. The number of carbonyl (C=O) groups is 2. The summed E-state index contributed by atoms with van der Waals surface area (Å²) in [5.41, 5.74) is 1.64. The number of Topliss-reactive ketones (excluding diaryl/α,β-unsaturated/α-hetero) is 1. The van der Waals surface area contributed by atoms with Gasteiger partial charge in [0.15, 0.2) is 5.78 Å². The third kappa shape index (κ3) is 2.88. The molecule has 3 rings (SSSR count). The Balaban J connectivity index is 2.17. The van der Waals surface area contributed by atoms with Crippen LogP contribution in [0.15, 0.2) is 11.1 Å². The van der Waals surface area contributed by atoms with E-state index in [-0.39, 0.29) is 28.0 Å². The summed E-state index contributed by atoms with van der Waals surface area (Å²) in [7, 11) is 0. The molecular formula is C20H30O3. The lowest BCUT2D eigenvalue weighted by molar-refractivity contribution is -0.170. The molecule has 3 aliphatic rings. The molecule has 0 unspecified atom stereocenters. The van der Waals surface area contributed by atoms with E-state index in [9.17, 15) is 9.59 Å². The van der Waals surface area contributed by atoms with E-state index >= 15 is 0 Å². The van der Waals surface area contributed by atoms with E-state index in [1.165, 1.54) is 12.5 Å². The summed E-state index contributed by atoms with van der Waals surface area (Å²) in [5, 5.41) is 0. The van der Waals surface area contributed by atoms with Gasteiger partial charge in [0.1, 0.15) is 5.60 Å². The molecule has 2 bridgehead atoms. The minimum Gasteiger partial charge on any atom is -0.454 e. The Morgan fingerprint density at radius 1 is 0.913 bits per heavy atom. The van der Waals surface area contributed by atoms with Gasteiger partial charge < -0.3 is 4.74 Å². The summed E-state index contributed by atoms with van der Waals surface area (Å²) in [6.07, 6.45) is 5.17. The van der Waals surface area contributed by atoms with Crippen LogP contribution in [0.5, 0.6) is 0 Å². The number of fused-ring (bicyclic) bond motifs is 3. The number of hydrogen-bond donors (Lipinski definition) is 0. The van der Waals surface area contributed by atoms with Gasteiger partial charge in [-0.05, 0) is 48.3 Å². The van der Waals surface area contributed by atoms with E-state index in [0.29, 0.717) is 6.42 Å². The van der Waals surface area contributed by atoms with Crippen molar-refractivity contribution in [1.82, 2.24) is 0 Å². The molecule has 0 heterocycles. The van der Waals surface area contributed by atoms with Crippen LogP contribution in [-0.2, 0) is 14.3 Å². The van der Waals surface area contributed by atoms with Gasteiger partial charge >= 0.3 is 5.97 Å². The van der Waals surface area contributed by atoms with Crippen molar-refractivity contribution < 1.29 is 14.3 Å². The molecule has 0 spiro atoms. The van der Waals surface area contributed by atoms with Crippen molar-refractivity contribution in [2.75, 3.05) is 0 Å². The average molecular weight is 318 g/mol. The van der Waals surface area contributed by atoms with Gasteiger partial charge in [-0.25, -0.2) is 0 Å². The Kier molecular flexibility index (Phi) is 3.42. The van der Waals surface area contributed by atoms with E-state index in [2.05, 4.69) is 34.6 Å². The number of allylic oxidation sites excluding steroid dienone is 1. The Hall–Kier alpha value is -1.12. The SMILES string of the molecule is CC(=O)O[C@]12CC(C)(C)C[C@@](C)(CC3=C1C(=O)CC(C)(C)C3)C2. The summed E-state index contributed by atoms with van der Waals surface area (Å²) in [6, 6.07) is 0. The van der Waals surface area contributed by atoms with E-state index in [0.717, 1.165) is 37.7 Å². The second kappa shape index (κ2) is 4.70. The predicted octanol–water partition coefficient (Wildman–Crippen LogP) is 4.59. The van der Waals surface area contributed by atoms with Crippen LogP contribution in [0.2, 0.25) is 0 Å². The smallest absolute Gasteiger partial charge is 0.303 e. The van der Waals surface area contributed by atoms with Gasteiger partial charge in [-0.1, -0.05) is 40.2 Å². The van der Waals surface area contributed by atoms with Gasteiger partial charge in [0, 0.05) is 18.9 Å². The molecule has 23 heavy (non-hydrogen) atoms. The average Bonchev–Trinajstić information content (AvgIpc) is 2.18. The molecule has 0 aromatic carbocycles. The molecule has 0 aromatic heterocycles. The van der Waals surface area contributed by atoms with Crippen molar-refractivity contribution in [2.45, 2.75) is 85.7 Å². The topological polar surface area (TPSA) is 43.4 Å². The molecule has 3 heteroatoms. The summed E-state index contributed by atoms with van der Waals surface area (Å²) >= 11 is 0. The maximum Gasteiger partial charge on any atom is 0.303 e. The van der Waals surface area contributed by atoms with Crippen LogP contribution in [0, 0.1) is 16.2 Å². The fraction of sp³-hybridized carbons (Fsp3) is 0.800. The lowest BCUT2D eigenvalue weighted by Gasteiger charge is -2.58. The summed E-state index contributed by atoms with van der Waals surface area (Å²) in [6.45, 7) is 12.6. The number of rotatable bonds is 1. The quantitative estimate of drug-likeness (QED) is 0.664. The van der Waals surface area contributed by atoms with Crippen LogP contribution in [0.1, 0.15) is 80.1 Å². The van der Waals surface area contributed by atoms with Crippen LogP contribution in [-0.4, -0.2) is 17.4 Å². The highest BCUT2D eigenvalue weighted by atomic mass is 16.6. The monoisotopic (exact) mass is 318 g/mol. The second-order valence-corrected chi connectivity index (χ2v) is 10.2. The lowest BCUT2D eigenvalue weighted by Crippen LogP contribution is -2.56. The first-order valence-electron chi connectivity index (χ1n) is 8.81. The molecule has 1 fully saturated rings. The van der Waals surface area contributed by atoms with Crippen molar-refractivity contribution in [3.8, 4) is 0 Å². The van der Waals surface area contributed by atoms with Gasteiger partial charge in [0.25, 0.3) is 0 Å². The maximum absolute atomic E-state index is 13.0. The molecular weight excluding hydrogens is 288 g/mol. The Labute approximate surface area is 139 Å². The first kappa shape index (κ1) is 16.7.